The summed E-state index contributed by atoms with van der Waals surface area (Å²) >= 11 is 3.18. The normalized spacial score (nSPS) is 11.5. The number of benzene rings is 2. The first-order valence-corrected chi connectivity index (χ1v) is 7.76. The van der Waals surface area contributed by atoms with Crippen molar-refractivity contribution in [3.05, 3.63) is 64.4 Å². The number of hydrogen-bond acceptors (Lipinski definition) is 2. The minimum Gasteiger partial charge on any atom is -0.207 e. The molecule has 0 saturated heterocycles. The van der Waals surface area contributed by atoms with Crippen molar-refractivity contribution in [3.8, 4) is 0 Å². The number of rotatable bonds is 4. The first-order chi connectivity index (χ1) is 9.00. The summed E-state index contributed by atoms with van der Waals surface area (Å²) in [6.07, 6.45) is 0. The number of hydrogen-bond donors (Lipinski definition) is 1. The van der Waals surface area contributed by atoms with Gasteiger partial charge >= 0.3 is 0 Å². The minimum absolute atomic E-state index is 0.0870. The molecule has 2 aromatic carbocycles. The van der Waals surface area contributed by atoms with Gasteiger partial charge in [-0.2, -0.15) is 0 Å². The van der Waals surface area contributed by atoms with E-state index < -0.39 is 15.8 Å². The van der Waals surface area contributed by atoms with Crippen molar-refractivity contribution in [2.24, 2.45) is 0 Å². The second-order valence-electron chi connectivity index (χ2n) is 3.85. The zero-order valence-electron chi connectivity index (χ0n) is 9.81. The molecule has 0 saturated carbocycles. The second-order valence-corrected chi connectivity index (χ2v) is 6.44. The molecule has 0 unspecified atom stereocenters. The molecule has 0 aliphatic heterocycles. The third-order valence-electron chi connectivity index (χ3n) is 2.54. The molecular formula is C13H11BrFNO2S. The van der Waals surface area contributed by atoms with Crippen LogP contribution in [0.3, 0.4) is 0 Å². The highest BCUT2D eigenvalue weighted by Gasteiger charge is 2.17. The molecule has 0 spiro atoms. The van der Waals surface area contributed by atoms with Crippen molar-refractivity contribution in [2.45, 2.75) is 11.4 Å². The van der Waals surface area contributed by atoms with Crippen molar-refractivity contribution in [2.75, 3.05) is 0 Å². The quantitative estimate of drug-likeness (QED) is 0.927. The maximum absolute atomic E-state index is 13.4. The highest BCUT2D eigenvalue weighted by atomic mass is 79.9. The van der Waals surface area contributed by atoms with Crippen molar-refractivity contribution in [1.29, 1.82) is 0 Å². The van der Waals surface area contributed by atoms with Crippen LogP contribution in [0, 0.1) is 5.82 Å². The Kier molecular flexibility index (Phi) is 4.34. The van der Waals surface area contributed by atoms with Crippen LogP contribution < -0.4 is 4.72 Å². The van der Waals surface area contributed by atoms with Crippen molar-refractivity contribution < 1.29 is 12.8 Å². The van der Waals surface area contributed by atoms with Crippen LogP contribution in [-0.2, 0) is 16.6 Å². The van der Waals surface area contributed by atoms with Crippen LogP contribution in [-0.4, -0.2) is 8.42 Å². The molecule has 100 valence electrons. The number of halogens is 2. The average Bonchev–Trinajstić information content (AvgIpc) is 2.38. The van der Waals surface area contributed by atoms with Gasteiger partial charge in [-0.3, -0.25) is 0 Å². The summed E-state index contributed by atoms with van der Waals surface area (Å²) < 4.78 is 40.4. The zero-order valence-corrected chi connectivity index (χ0v) is 12.2. The first kappa shape index (κ1) is 14.2. The molecule has 0 aliphatic carbocycles. The number of sulfonamides is 1. The van der Waals surface area contributed by atoms with E-state index in [4.69, 9.17) is 0 Å². The Morgan fingerprint density at radius 1 is 1.05 bits per heavy atom. The summed E-state index contributed by atoms with van der Waals surface area (Å²) in [6, 6.07) is 12.5. The molecule has 0 heterocycles. The molecule has 0 radical (unpaired) electrons. The van der Waals surface area contributed by atoms with E-state index >= 15 is 0 Å². The highest BCUT2D eigenvalue weighted by molar-refractivity contribution is 9.10. The lowest BCUT2D eigenvalue weighted by molar-refractivity contribution is 0.574. The Labute approximate surface area is 119 Å². The summed E-state index contributed by atoms with van der Waals surface area (Å²) in [5, 5.41) is 0. The van der Waals surface area contributed by atoms with Gasteiger partial charge in [-0.15, -0.1) is 0 Å². The van der Waals surface area contributed by atoms with E-state index in [0.29, 0.717) is 10.0 Å². The Bertz CT molecular complexity index is 689. The molecule has 2 rings (SSSR count). The van der Waals surface area contributed by atoms with Gasteiger partial charge in [0.05, 0.1) is 4.90 Å². The highest BCUT2D eigenvalue weighted by Crippen LogP contribution is 2.21. The van der Waals surface area contributed by atoms with E-state index in [0.717, 1.165) is 0 Å². The lowest BCUT2D eigenvalue weighted by atomic mass is 10.2. The fourth-order valence-corrected chi connectivity index (χ4v) is 3.56. The molecule has 0 fully saturated rings. The van der Waals surface area contributed by atoms with Crippen LogP contribution in [0.15, 0.2) is 57.9 Å². The van der Waals surface area contributed by atoms with Gasteiger partial charge < -0.3 is 0 Å². The third kappa shape index (κ3) is 3.40. The summed E-state index contributed by atoms with van der Waals surface area (Å²) in [5.74, 6) is -0.433. The lowest BCUT2D eigenvalue weighted by Crippen LogP contribution is -2.24. The summed E-state index contributed by atoms with van der Waals surface area (Å²) in [6.45, 7) is -0.0870. The van der Waals surface area contributed by atoms with Gasteiger partial charge in [-0.25, -0.2) is 17.5 Å². The molecule has 0 aliphatic rings. The second kappa shape index (κ2) is 5.81. The third-order valence-corrected chi connectivity index (χ3v) is 4.95. The van der Waals surface area contributed by atoms with Crippen LogP contribution in [0.25, 0.3) is 0 Å². The summed E-state index contributed by atoms with van der Waals surface area (Å²) in [4.78, 5) is 0.131. The van der Waals surface area contributed by atoms with E-state index in [1.54, 1.807) is 30.3 Å². The van der Waals surface area contributed by atoms with Gasteiger partial charge in [-0.1, -0.05) is 30.3 Å². The molecule has 19 heavy (non-hydrogen) atoms. The van der Waals surface area contributed by atoms with Gasteiger partial charge in [0.2, 0.25) is 10.0 Å². The van der Waals surface area contributed by atoms with Gasteiger partial charge in [0.1, 0.15) is 5.82 Å². The Morgan fingerprint density at radius 3 is 2.37 bits per heavy atom. The van der Waals surface area contributed by atoms with Gasteiger partial charge in [0.25, 0.3) is 0 Å². The SMILES string of the molecule is O=S(=O)(NCc1ccccc1F)c1ccccc1Br. The predicted molar refractivity (Wildman–Crippen MR) is 74.6 cm³/mol. The monoisotopic (exact) mass is 343 g/mol. The molecule has 0 bridgehead atoms. The fourth-order valence-electron chi connectivity index (χ4n) is 1.55. The van der Waals surface area contributed by atoms with E-state index in [1.807, 2.05) is 0 Å². The van der Waals surface area contributed by atoms with Crippen LogP contribution in [0.4, 0.5) is 4.39 Å². The van der Waals surface area contributed by atoms with Crippen LogP contribution in [0.1, 0.15) is 5.56 Å². The van der Waals surface area contributed by atoms with Gasteiger partial charge in [0, 0.05) is 16.6 Å². The van der Waals surface area contributed by atoms with Crippen LogP contribution in [0.2, 0.25) is 0 Å². The van der Waals surface area contributed by atoms with Gasteiger partial charge in [0.15, 0.2) is 0 Å². The smallest absolute Gasteiger partial charge is 0.207 e. The Hall–Kier alpha value is -1.24. The molecule has 0 amide bonds. The largest absolute Gasteiger partial charge is 0.241 e. The van der Waals surface area contributed by atoms with E-state index in [2.05, 4.69) is 20.7 Å². The fraction of sp³-hybridized carbons (Fsp3) is 0.0769. The molecule has 1 N–H and O–H groups in total. The summed E-state index contributed by atoms with van der Waals surface area (Å²) in [5.41, 5.74) is 0.304. The molecular weight excluding hydrogens is 333 g/mol. The Morgan fingerprint density at radius 2 is 1.68 bits per heavy atom. The van der Waals surface area contributed by atoms with Crippen molar-refractivity contribution in [1.82, 2.24) is 4.72 Å². The topological polar surface area (TPSA) is 46.2 Å². The molecule has 6 heteroatoms. The molecule has 2 aromatic rings. The zero-order chi connectivity index (χ0) is 13.9. The van der Waals surface area contributed by atoms with E-state index in [1.165, 1.54) is 18.2 Å². The Balaban J connectivity index is 2.20. The standard InChI is InChI=1S/C13H11BrFNO2S/c14-11-6-2-4-8-13(11)19(17,18)16-9-10-5-1-3-7-12(10)15/h1-8,16H,9H2. The van der Waals surface area contributed by atoms with Crippen LogP contribution in [0.5, 0.6) is 0 Å². The maximum atomic E-state index is 13.4. The lowest BCUT2D eigenvalue weighted by Gasteiger charge is -2.08. The summed E-state index contributed by atoms with van der Waals surface area (Å²) in [7, 11) is -3.67. The average molecular weight is 344 g/mol. The number of nitrogens with one attached hydrogen (secondary N) is 1. The maximum Gasteiger partial charge on any atom is 0.241 e. The molecule has 0 aromatic heterocycles. The van der Waals surface area contributed by atoms with Crippen LogP contribution >= 0.6 is 15.9 Å². The van der Waals surface area contributed by atoms with E-state index in [9.17, 15) is 12.8 Å². The van der Waals surface area contributed by atoms with E-state index in [-0.39, 0.29) is 11.4 Å². The van der Waals surface area contributed by atoms with Crippen molar-refractivity contribution >= 4 is 26.0 Å². The molecule has 3 nitrogen and oxygen atoms in total. The minimum atomic E-state index is -3.67. The predicted octanol–water partition coefficient (Wildman–Crippen LogP) is 3.07. The molecule has 0 atom stereocenters. The van der Waals surface area contributed by atoms with Gasteiger partial charge in [-0.05, 0) is 34.1 Å². The van der Waals surface area contributed by atoms with Crippen molar-refractivity contribution in [3.63, 3.8) is 0 Å². The first-order valence-electron chi connectivity index (χ1n) is 5.48.